The fraction of sp³-hybridized carbons (Fsp3) is 0.529. The van der Waals surface area contributed by atoms with Gasteiger partial charge in [0.1, 0.15) is 5.75 Å². The second kappa shape index (κ2) is 6.74. The predicted molar refractivity (Wildman–Crippen MR) is 84.9 cm³/mol. The average Bonchev–Trinajstić information content (AvgIpc) is 2.86. The number of aromatic nitrogens is 3. The molecule has 4 nitrogen and oxygen atoms in total. The van der Waals surface area contributed by atoms with Crippen LogP contribution in [0.4, 0.5) is 0 Å². The molecule has 1 heterocycles. The number of rotatable bonds is 6. The lowest BCUT2D eigenvalue weighted by atomic mass is 9.89. The van der Waals surface area contributed by atoms with Crippen molar-refractivity contribution in [2.75, 3.05) is 6.61 Å². The average molecular weight is 287 g/mol. The lowest BCUT2D eigenvalue weighted by Gasteiger charge is -2.18. The molecule has 2 aromatic rings. The van der Waals surface area contributed by atoms with Crippen LogP contribution in [0, 0.1) is 13.8 Å². The molecule has 0 spiro atoms. The zero-order chi connectivity index (χ0) is 15.4. The van der Waals surface area contributed by atoms with Gasteiger partial charge in [-0.05, 0) is 68.9 Å². The highest BCUT2D eigenvalue weighted by Gasteiger charge is 2.15. The van der Waals surface area contributed by atoms with E-state index in [0.29, 0.717) is 12.5 Å². The Morgan fingerprint density at radius 1 is 1.19 bits per heavy atom. The van der Waals surface area contributed by atoms with Crippen molar-refractivity contribution in [1.29, 1.82) is 0 Å². The molecule has 21 heavy (non-hydrogen) atoms. The van der Waals surface area contributed by atoms with E-state index in [-0.39, 0.29) is 0 Å². The lowest BCUT2D eigenvalue weighted by molar-refractivity contribution is 0.339. The molecule has 1 aromatic heterocycles. The second-order valence-corrected chi connectivity index (χ2v) is 5.57. The molecule has 0 aliphatic heterocycles. The van der Waals surface area contributed by atoms with Gasteiger partial charge < -0.3 is 4.74 Å². The van der Waals surface area contributed by atoms with E-state index >= 15 is 0 Å². The molecule has 1 unspecified atom stereocenters. The van der Waals surface area contributed by atoms with Crippen LogP contribution >= 0.6 is 0 Å². The fourth-order valence-electron chi connectivity index (χ4n) is 2.96. The maximum atomic E-state index is 5.61. The van der Waals surface area contributed by atoms with Crippen LogP contribution in [0.5, 0.6) is 5.75 Å². The highest BCUT2D eigenvalue weighted by Crippen LogP contribution is 2.30. The standard InChI is InChI=1S/C17H25N3O/c1-6-20-11-15(18-19-20)8-12(3)17-13(4)9-16(21-7-2)10-14(17)5/h9-12H,6-8H2,1-5H3. The van der Waals surface area contributed by atoms with Crippen LogP contribution in [0.25, 0.3) is 0 Å². The molecular formula is C17H25N3O. The molecule has 0 saturated heterocycles. The van der Waals surface area contributed by atoms with Crippen LogP contribution in [0.15, 0.2) is 18.3 Å². The highest BCUT2D eigenvalue weighted by atomic mass is 16.5. The third kappa shape index (κ3) is 3.63. The Hall–Kier alpha value is -1.84. The van der Waals surface area contributed by atoms with Crippen LogP contribution in [-0.4, -0.2) is 21.6 Å². The Bertz CT molecular complexity index is 581. The number of benzene rings is 1. The first-order chi connectivity index (χ1) is 10.0. The number of ether oxygens (including phenoxy) is 1. The van der Waals surface area contributed by atoms with Crippen molar-refractivity contribution >= 4 is 0 Å². The van der Waals surface area contributed by atoms with Gasteiger partial charge >= 0.3 is 0 Å². The summed E-state index contributed by atoms with van der Waals surface area (Å²) in [6.07, 6.45) is 2.95. The fourth-order valence-corrected chi connectivity index (χ4v) is 2.96. The Morgan fingerprint density at radius 3 is 2.38 bits per heavy atom. The molecule has 0 aliphatic rings. The minimum Gasteiger partial charge on any atom is -0.494 e. The Morgan fingerprint density at radius 2 is 1.86 bits per heavy atom. The van der Waals surface area contributed by atoms with Crippen molar-refractivity contribution in [2.24, 2.45) is 0 Å². The van der Waals surface area contributed by atoms with Crippen molar-refractivity contribution in [3.8, 4) is 5.75 Å². The minimum absolute atomic E-state index is 0.419. The summed E-state index contributed by atoms with van der Waals surface area (Å²) in [5, 5.41) is 8.36. The molecule has 1 aromatic carbocycles. The Kier molecular flexibility index (Phi) is 4.99. The minimum atomic E-state index is 0.419. The first kappa shape index (κ1) is 15.5. The SMILES string of the molecule is CCOc1cc(C)c(C(C)Cc2cn(CC)nn2)c(C)c1. The maximum Gasteiger partial charge on any atom is 0.119 e. The summed E-state index contributed by atoms with van der Waals surface area (Å²) in [4.78, 5) is 0. The topological polar surface area (TPSA) is 39.9 Å². The normalized spacial score (nSPS) is 12.4. The monoisotopic (exact) mass is 287 g/mol. The van der Waals surface area contributed by atoms with E-state index in [0.717, 1.165) is 24.4 Å². The van der Waals surface area contributed by atoms with Crippen LogP contribution in [0.3, 0.4) is 0 Å². The van der Waals surface area contributed by atoms with E-state index in [1.807, 2.05) is 17.8 Å². The smallest absolute Gasteiger partial charge is 0.119 e. The van der Waals surface area contributed by atoms with Gasteiger partial charge in [-0.3, -0.25) is 4.68 Å². The summed E-state index contributed by atoms with van der Waals surface area (Å²) < 4.78 is 7.49. The van der Waals surface area contributed by atoms with Crippen molar-refractivity contribution in [1.82, 2.24) is 15.0 Å². The van der Waals surface area contributed by atoms with Crippen molar-refractivity contribution < 1.29 is 4.74 Å². The number of nitrogens with zero attached hydrogens (tertiary/aromatic N) is 3. The molecule has 4 heteroatoms. The Balaban J connectivity index is 2.20. The van der Waals surface area contributed by atoms with Gasteiger partial charge in [-0.1, -0.05) is 12.1 Å². The molecule has 0 amide bonds. The summed E-state index contributed by atoms with van der Waals surface area (Å²) in [5.74, 6) is 1.38. The van der Waals surface area contributed by atoms with Crippen molar-refractivity contribution in [2.45, 2.75) is 53.5 Å². The summed E-state index contributed by atoms with van der Waals surface area (Å²) in [5.41, 5.74) is 5.02. The van der Waals surface area contributed by atoms with E-state index in [1.54, 1.807) is 0 Å². The summed E-state index contributed by atoms with van der Waals surface area (Å²) >= 11 is 0. The van der Waals surface area contributed by atoms with Crippen LogP contribution in [0.2, 0.25) is 0 Å². The van der Waals surface area contributed by atoms with Gasteiger partial charge in [0.25, 0.3) is 0 Å². The first-order valence-corrected chi connectivity index (χ1v) is 7.68. The maximum absolute atomic E-state index is 5.61. The third-order valence-corrected chi connectivity index (χ3v) is 3.80. The number of hydrogen-bond donors (Lipinski definition) is 0. The molecule has 0 radical (unpaired) electrons. The summed E-state index contributed by atoms with van der Waals surface area (Å²) in [7, 11) is 0. The van der Waals surface area contributed by atoms with Crippen molar-refractivity contribution in [3.63, 3.8) is 0 Å². The second-order valence-electron chi connectivity index (χ2n) is 5.57. The number of aryl methyl sites for hydroxylation is 3. The van der Waals surface area contributed by atoms with Crippen LogP contribution < -0.4 is 4.74 Å². The molecule has 0 aliphatic carbocycles. The van der Waals surface area contributed by atoms with Gasteiger partial charge in [0.15, 0.2) is 0 Å². The Labute approximate surface area is 127 Å². The predicted octanol–water partition coefficient (Wildman–Crippen LogP) is 3.66. The van der Waals surface area contributed by atoms with Gasteiger partial charge in [-0.25, -0.2) is 0 Å². The molecule has 114 valence electrons. The van der Waals surface area contributed by atoms with Gasteiger partial charge in [0.2, 0.25) is 0 Å². The van der Waals surface area contributed by atoms with E-state index in [2.05, 4.69) is 50.1 Å². The van der Waals surface area contributed by atoms with Crippen molar-refractivity contribution in [3.05, 3.63) is 40.7 Å². The molecular weight excluding hydrogens is 262 g/mol. The highest BCUT2D eigenvalue weighted by molar-refractivity contribution is 5.43. The van der Waals surface area contributed by atoms with Gasteiger partial charge in [-0.15, -0.1) is 5.10 Å². The molecule has 0 fully saturated rings. The first-order valence-electron chi connectivity index (χ1n) is 7.68. The summed E-state index contributed by atoms with van der Waals surface area (Å²) in [6, 6.07) is 4.26. The quantitative estimate of drug-likeness (QED) is 0.814. The number of hydrogen-bond acceptors (Lipinski definition) is 3. The van der Waals surface area contributed by atoms with E-state index in [1.165, 1.54) is 16.7 Å². The zero-order valence-electron chi connectivity index (χ0n) is 13.7. The van der Waals surface area contributed by atoms with Gasteiger partial charge in [0, 0.05) is 12.7 Å². The van der Waals surface area contributed by atoms with E-state index in [4.69, 9.17) is 4.74 Å². The van der Waals surface area contributed by atoms with Crippen LogP contribution in [0.1, 0.15) is 49.1 Å². The third-order valence-electron chi connectivity index (χ3n) is 3.80. The molecule has 1 atom stereocenters. The van der Waals surface area contributed by atoms with Gasteiger partial charge in [-0.2, -0.15) is 0 Å². The van der Waals surface area contributed by atoms with Crippen LogP contribution in [-0.2, 0) is 13.0 Å². The molecule has 0 saturated carbocycles. The molecule has 0 bridgehead atoms. The largest absolute Gasteiger partial charge is 0.494 e. The molecule has 2 rings (SSSR count). The molecule has 0 N–H and O–H groups in total. The van der Waals surface area contributed by atoms with Gasteiger partial charge in [0.05, 0.1) is 12.3 Å². The summed E-state index contributed by atoms with van der Waals surface area (Å²) in [6.45, 7) is 12.2. The van der Waals surface area contributed by atoms with E-state index in [9.17, 15) is 0 Å². The van der Waals surface area contributed by atoms with E-state index < -0.39 is 0 Å². The zero-order valence-corrected chi connectivity index (χ0v) is 13.7. The lowest BCUT2D eigenvalue weighted by Crippen LogP contribution is -2.05.